The lowest BCUT2D eigenvalue weighted by atomic mass is 10.1. The van der Waals surface area contributed by atoms with Crippen LogP contribution in [0.25, 0.3) is 22.3 Å². The van der Waals surface area contributed by atoms with Gasteiger partial charge < -0.3 is 15.0 Å². The van der Waals surface area contributed by atoms with E-state index < -0.39 is 11.7 Å². The second-order valence-corrected chi connectivity index (χ2v) is 9.90. The van der Waals surface area contributed by atoms with Crippen molar-refractivity contribution in [1.29, 1.82) is 0 Å². The first-order valence-electron chi connectivity index (χ1n) is 11.0. The molecule has 1 N–H and O–H groups in total. The lowest BCUT2D eigenvalue weighted by Gasteiger charge is -2.24. The normalized spacial score (nSPS) is 15.6. The van der Waals surface area contributed by atoms with E-state index in [0.29, 0.717) is 35.1 Å². The SMILES string of the molecule is CN1C(=O)N(c2nccc(-c3ccc4cnc(CNC(=O)OC(C)(C)C)cc4n3)n2)CC1(C)C. The van der Waals surface area contributed by atoms with E-state index in [0.717, 1.165) is 5.39 Å². The fourth-order valence-corrected chi connectivity index (χ4v) is 3.55. The monoisotopic (exact) mass is 463 g/mol. The van der Waals surface area contributed by atoms with E-state index in [9.17, 15) is 9.59 Å². The summed E-state index contributed by atoms with van der Waals surface area (Å²) in [5, 5.41) is 3.56. The van der Waals surface area contributed by atoms with Crippen molar-refractivity contribution in [2.45, 2.75) is 52.3 Å². The molecule has 34 heavy (non-hydrogen) atoms. The molecule has 178 valence electrons. The summed E-state index contributed by atoms with van der Waals surface area (Å²) < 4.78 is 5.27. The van der Waals surface area contributed by atoms with Gasteiger partial charge in [0.15, 0.2) is 0 Å². The van der Waals surface area contributed by atoms with E-state index in [-0.39, 0.29) is 18.1 Å². The molecule has 0 bridgehead atoms. The Morgan fingerprint density at radius 2 is 1.88 bits per heavy atom. The number of nitrogens with one attached hydrogen (secondary N) is 1. The fraction of sp³-hybridized carbons (Fsp3) is 0.417. The number of hydrogen-bond donors (Lipinski definition) is 1. The van der Waals surface area contributed by atoms with E-state index in [1.165, 1.54) is 0 Å². The number of urea groups is 1. The molecule has 3 aromatic heterocycles. The summed E-state index contributed by atoms with van der Waals surface area (Å²) in [5.74, 6) is 0.346. The van der Waals surface area contributed by atoms with Crippen LogP contribution in [0.2, 0.25) is 0 Å². The number of nitrogens with zero attached hydrogens (tertiary/aromatic N) is 6. The second kappa shape index (κ2) is 8.51. The first kappa shape index (κ1) is 23.3. The molecule has 0 aromatic carbocycles. The zero-order chi connectivity index (χ0) is 24.7. The highest BCUT2D eigenvalue weighted by atomic mass is 16.6. The summed E-state index contributed by atoms with van der Waals surface area (Å²) in [4.78, 5) is 45.9. The number of carbonyl (C=O) groups is 2. The number of ether oxygens (including phenoxy) is 1. The molecule has 1 saturated heterocycles. The van der Waals surface area contributed by atoms with Crippen LogP contribution in [0.5, 0.6) is 0 Å². The van der Waals surface area contributed by atoms with Gasteiger partial charge >= 0.3 is 12.1 Å². The summed E-state index contributed by atoms with van der Waals surface area (Å²) in [6.45, 7) is 10.1. The van der Waals surface area contributed by atoms with Crippen molar-refractivity contribution in [2.24, 2.45) is 0 Å². The van der Waals surface area contributed by atoms with Gasteiger partial charge in [0.1, 0.15) is 5.60 Å². The Balaban J connectivity index is 1.56. The number of carbonyl (C=O) groups excluding carboxylic acids is 2. The third kappa shape index (κ3) is 4.90. The summed E-state index contributed by atoms with van der Waals surface area (Å²) in [6.07, 6.45) is 2.84. The van der Waals surface area contributed by atoms with E-state index >= 15 is 0 Å². The highest BCUT2D eigenvalue weighted by Crippen LogP contribution is 2.28. The minimum atomic E-state index is -0.571. The minimum absolute atomic E-state index is 0.137. The summed E-state index contributed by atoms with van der Waals surface area (Å²) >= 11 is 0. The van der Waals surface area contributed by atoms with Gasteiger partial charge in [0, 0.05) is 24.8 Å². The van der Waals surface area contributed by atoms with Crippen molar-refractivity contribution in [1.82, 2.24) is 30.2 Å². The molecule has 10 nitrogen and oxygen atoms in total. The van der Waals surface area contributed by atoms with Gasteiger partial charge in [-0.25, -0.2) is 24.5 Å². The van der Waals surface area contributed by atoms with E-state index in [1.807, 2.05) is 52.8 Å². The maximum absolute atomic E-state index is 12.7. The molecule has 0 atom stereocenters. The van der Waals surface area contributed by atoms with Crippen molar-refractivity contribution in [3.05, 3.63) is 42.4 Å². The predicted molar refractivity (Wildman–Crippen MR) is 128 cm³/mol. The summed E-state index contributed by atoms with van der Waals surface area (Å²) in [6, 6.07) is 7.22. The van der Waals surface area contributed by atoms with E-state index in [1.54, 1.807) is 35.3 Å². The minimum Gasteiger partial charge on any atom is -0.444 e. The zero-order valence-electron chi connectivity index (χ0n) is 20.3. The van der Waals surface area contributed by atoms with Crippen LogP contribution in [0.3, 0.4) is 0 Å². The Kier molecular flexibility index (Phi) is 5.84. The molecule has 0 saturated carbocycles. The maximum Gasteiger partial charge on any atom is 0.407 e. The number of rotatable bonds is 4. The Hall–Kier alpha value is -3.82. The van der Waals surface area contributed by atoms with Crippen molar-refractivity contribution < 1.29 is 14.3 Å². The molecule has 0 aliphatic carbocycles. The molecule has 0 radical (unpaired) electrons. The number of alkyl carbamates (subject to hydrolysis) is 1. The van der Waals surface area contributed by atoms with Gasteiger partial charge in [-0.2, -0.15) is 0 Å². The molecule has 1 fully saturated rings. The van der Waals surface area contributed by atoms with Crippen LogP contribution in [-0.4, -0.2) is 61.7 Å². The third-order valence-corrected chi connectivity index (χ3v) is 5.56. The number of hydrogen-bond acceptors (Lipinski definition) is 7. The van der Waals surface area contributed by atoms with Gasteiger partial charge in [-0.05, 0) is 58.9 Å². The zero-order valence-corrected chi connectivity index (χ0v) is 20.3. The average Bonchev–Trinajstić information content (AvgIpc) is 2.99. The number of anilines is 1. The van der Waals surface area contributed by atoms with Crippen LogP contribution in [0.1, 0.15) is 40.3 Å². The van der Waals surface area contributed by atoms with Gasteiger partial charge in [0.2, 0.25) is 5.95 Å². The summed E-state index contributed by atoms with van der Waals surface area (Å²) in [5.41, 5.74) is 1.74. The number of likely N-dealkylation sites (N-methyl/N-ethyl adjacent to an activating group) is 1. The molecule has 0 unspecified atom stereocenters. The van der Waals surface area contributed by atoms with Gasteiger partial charge in [0.05, 0.1) is 41.2 Å². The van der Waals surface area contributed by atoms with Crippen molar-refractivity contribution in [3.63, 3.8) is 0 Å². The first-order chi connectivity index (χ1) is 15.9. The topological polar surface area (TPSA) is 113 Å². The highest BCUT2D eigenvalue weighted by molar-refractivity contribution is 5.93. The van der Waals surface area contributed by atoms with Crippen molar-refractivity contribution in [3.8, 4) is 11.4 Å². The van der Waals surface area contributed by atoms with Gasteiger partial charge in [0.25, 0.3) is 0 Å². The molecular weight excluding hydrogens is 434 g/mol. The van der Waals surface area contributed by atoms with Gasteiger partial charge in [-0.15, -0.1) is 0 Å². The van der Waals surface area contributed by atoms with Crippen LogP contribution < -0.4 is 10.2 Å². The molecule has 1 aliphatic heterocycles. The van der Waals surface area contributed by atoms with E-state index in [4.69, 9.17) is 9.72 Å². The van der Waals surface area contributed by atoms with Crippen LogP contribution in [0.4, 0.5) is 15.5 Å². The third-order valence-electron chi connectivity index (χ3n) is 5.56. The maximum atomic E-state index is 12.7. The molecule has 3 aromatic rings. The molecular formula is C24H29N7O3. The van der Waals surface area contributed by atoms with E-state index in [2.05, 4.69) is 20.3 Å². The van der Waals surface area contributed by atoms with Crippen molar-refractivity contribution in [2.75, 3.05) is 18.5 Å². The molecule has 4 heterocycles. The number of aromatic nitrogens is 4. The average molecular weight is 464 g/mol. The highest BCUT2D eigenvalue weighted by Gasteiger charge is 2.42. The Morgan fingerprint density at radius 1 is 1.15 bits per heavy atom. The first-order valence-corrected chi connectivity index (χ1v) is 11.0. The van der Waals surface area contributed by atoms with Crippen LogP contribution in [0, 0.1) is 0 Å². The predicted octanol–water partition coefficient (Wildman–Crippen LogP) is 3.76. The number of pyridine rings is 2. The second-order valence-electron chi connectivity index (χ2n) is 9.90. The standard InChI is InChI=1S/C24H29N7O3/c1-23(2,3)34-21(32)27-13-16-11-19-15(12-26-16)7-8-17(28-19)18-9-10-25-20(29-18)31-14-24(4,5)30(6)22(31)33/h7-12H,13-14H2,1-6H3,(H,27,32). The Labute approximate surface area is 198 Å². The number of amides is 3. The van der Waals surface area contributed by atoms with Crippen LogP contribution >= 0.6 is 0 Å². The van der Waals surface area contributed by atoms with Crippen LogP contribution in [0.15, 0.2) is 36.7 Å². The molecule has 10 heteroatoms. The largest absolute Gasteiger partial charge is 0.444 e. The summed E-state index contributed by atoms with van der Waals surface area (Å²) in [7, 11) is 1.78. The van der Waals surface area contributed by atoms with Gasteiger partial charge in [-0.1, -0.05) is 0 Å². The molecule has 0 spiro atoms. The van der Waals surface area contributed by atoms with Crippen LogP contribution in [-0.2, 0) is 11.3 Å². The Morgan fingerprint density at radius 3 is 2.56 bits per heavy atom. The molecule has 3 amide bonds. The lowest BCUT2D eigenvalue weighted by molar-refractivity contribution is 0.0523. The molecule has 4 rings (SSSR count). The van der Waals surface area contributed by atoms with Crippen molar-refractivity contribution >= 4 is 29.0 Å². The smallest absolute Gasteiger partial charge is 0.407 e. The lowest BCUT2D eigenvalue weighted by Crippen LogP contribution is -2.38. The Bertz CT molecular complexity index is 1250. The quantitative estimate of drug-likeness (QED) is 0.627. The van der Waals surface area contributed by atoms with Gasteiger partial charge in [-0.3, -0.25) is 9.88 Å². The number of fused-ring (bicyclic) bond motifs is 1. The fourth-order valence-electron chi connectivity index (χ4n) is 3.55. The molecule has 1 aliphatic rings.